The third-order valence-electron chi connectivity index (χ3n) is 4.25. The summed E-state index contributed by atoms with van der Waals surface area (Å²) in [5, 5.41) is 7.83. The molecule has 22 heavy (non-hydrogen) atoms. The molecule has 1 aliphatic rings. The van der Waals surface area contributed by atoms with Crippen LogP contribution in [0.15, 0.2) is 18.3 Å². The molecule has 1 N–H and O–H groups in total. The molecule has 0 amide bonds. The van der Waals surface area contributed by atoms with Crippen molar-refractivity contribution in [1.29, 1.82) is 0 Å². The van der Waals surface area contributed by atoms with Gasteiger partial charge in [0.1, 0.15) is 5.82 Å². The van der Waals surface area contributed by atoms with E-state index in [0.29, 0.717) is 12.0 Å². The SMILES string of the molecule is Cc1cc(-c2ccnn2C(C)C)nc(CC2CCNCC2)n1. The number of hydrogen-bond acceptors (Lipinski definition) is 4. The van der Waals surface area contributed by atoms with Crippen LogP contribution in [-0.4, -0.2) is 32.8 Å². The Hall–Kier alpha value is -1.75. The molecule has 1 fully saturated rings. The van der Waals surface area contributed by atoms with Gasteiger partial charge in [-0.1, -0.05) is 0 Å². The second kappa shape index (κ2) is 6.57. The first-order chi connectivity index (χ1) is 10.6. The van der Waals surface area contributed by atoms with Gasteiger partial charge in [-0.05, 0) is 64.8 Å². The molecule has 0 aromatic carbocycles. The van der Waals surface area contributed by atoms with E-state index in [4.69, 9.17) is 4.98 Å². The molecule has 0 aliphatic carbocycles. The highest BCUT2D eigenvalue weighted by Crippen LogP contribution is 2.22. The molecule has 0 unspecified atom stereocenters. The zero-order chi connectivity index (χ0) is 15.5. The lowest BCUT2D eigenvalue weighted by molar-refractivity contribution is 0.367. The molecule has 0 bridgehead atoms. The Morgan fingerprint density at radius 1 is 1.27 bits per heavy atom. The lowest BCUT2D eigenvalue weighted by Gasteiger charge is -2.22. The smallest absolute Gasteiger partial charge is 0.129 e. The van der Waals surface area contributed by atoms with Crippen LogP contribution in [0.25, 0.3) is 11.4 Å². The minimum Gasteiger partial charge on any atom is -0.317 e. The van der Waals surface area contributed by atoms with Gasteiger partial charge in [-0.2, -0.15) is 5.10 Å². The van der Waals surface area contributed by atoms with Crippen LogP contribution >= 0.6 is 0 Å². The van der Waals surface area contributed by atoms with Crippen LogP contribution in [0.2, 0.25) is 0 Å². The maximum Gasteiger partial charge on any atom is 0.129 e. The Bertz CT molecular complexity index is 626. The van der Waals surface area contributed by atoms with Gasteiger partial charge >= 0.3 is 0 Å². The first-order valence-corrected chi connectivity index (χ1v) is 8.22. The van der Waals surface area contributed by atoms with Gasteiger partial charge in [-0.25, -0.2) is 9.97 Å². The minimum absolute atomic E-state index is 0.327. The highest BCUT2D eigenvalue weighted by Gasteiger charge is 2.17. The highest BCUT2D eigenvalue weighted by molar-refractivity contribution is 5.54. The molecule has 3 heterocycles. The summed E-state index contributed by atoms with van der Waals surface area (Å²) in [6.45, 7) is 8.56. The van der Waals surface area contributed by atoms with Crippen molar-refractivity contribution >= 4 is 0 Å². The normalized spacial score (nSPS) is 16.4. The zero-order valence-corrected chi connectivity index (χ0v) is 13.7. The number of rotatable bonds is 4. The van der Waals surface area contributed by atoms with Crippen molar-refractivity contribution in [2.75, 3.05) is 13.1 Å². The highest BCUT2D eigenvalue weighted by atomic mass is 15.3. The van der Waals surface area contributed by atoms with Crippen LogP contribution in [0.4, 0.5) is 0 Å². The maximum atomic E-state index is 4.82. The molecule has 3 rings (SSSR count). The van der Waals surface area contributed by atoms with Crippen molar-refractivity contribution in [1.82, 2.24) is 25.1 Å². The number of aryl methyl sites for hydroxylation is 1. The van der Waals surface area contributed by atoms with Crippen molar-refractivity contribution in [2.45, 2.75) is 46.1 Å². The Labute approximate surface area is 132 Å². The lowest BCUT2D eigenvalue weighted by atomic mass is 9.94. The summed E-state index contributed by atoms with van der Waals surface area (Å²) in [5.41, 5.74) is 3.10. The van der Waals surface area contributed by atoms with Crippen molar-refractivity contribution in [3.63, 3.8) is 0 Å². The lowest BCUT2D eigenvalue weighted by Crippen LogP contribution is -2.29. The predicted molar refractivity (Wildman–Crippen MR) is 87.7 cm³/mol. The minimum atomic E-state index is 0.327. The molecular weight excluding hydrogens is 274 g/mol. The molecule has 118 valence electrons. The van der Waals surface area contributed by atoms with Crippen molar-refractivity contribution in [3.05, 3.63) is 29.8 Å². The fourth-order valence-corrected chi connectivity index (χ4v) is 3.13. The molecule has 1 aliphatic heterocycles. The molecule has 0 atom stereocenters. The van der Waals surface area contributed by atoms with Crippen LogP contribution in [0, 0.1) is 12.8 Å². The van der Waals surface area contributed by atoms with Crippen molar-refractivity contribution < 1.29 is 0 Å². The van der Waals surface area contributed by atoms with Crippen LogP contribution < -0.4 is 5.32 Å². The van der Waals surface area contributed by atoms with Gasteiger partial charge < -0.3 is 5.32 Å². The number of nitrogens with one attached hydrogen (secondary N) is 1. The van der Waals surface area contributed by atoms with E-state index in [0.717, 1.165) is 42.4 Å². The van der Waals surface area contributed by atoms with E-state index in [1.807, 2.05) is 23.9 Å². The standard InChI is InChI=1S/C17H25N5/c1-12(2)22-16(6-9-19-22)15-10-13(3)20-17(21-15)11-14-4-7-18-8-5-14/h6,9-10,12,14,18H,4-5,7-8,11H2,1-3H3. The second-order valence-corrected chi connectivity index (χ2v) is 6.46. The zero-order valence-electron chi connectivity index (χ0n) is 13.7. The van der Waals surface area contributed by atoms with Crippen molar-refractivity contribution in [3.8, 4) is 11.4 Å². The first kappa shape index (κ1) is 15.2. The van der Waals surface area contributed by atoms with Gasteiger partial charge in [0.2, 0.25) is 0 Å². The van der Waals surface area contributed by atoms with Gasteiger partial charge in [0, 0.05) is 24.4 Å². The van der Waals surface area contributed by atoms with Gasteiger partial charge in [-0.15, -0.1) is 0 Å². The third-order valence-corrected chi connectivity index (χ3v) is 4.25. The molecule has 0 radical (unpaired) electrons. The van der Waals surface area contributed by atoms with Crippen LogP contribution in [0.5, 0.6) is 0 Å². The van der Waals surface area contributed by atoms with E-state index in [9.17, 15) is 0 Å². The number of nitrogens with zero attached hydrogens (tertiary/aromatic N) is 4. The predicted octanol–water partition coefficient (Wildman–Crippen LogP) is 2.77. The third kappa shape index (κ3) is 3.35. The van der Waals surface area contributed by atoms with Gasteiger partial charge in [0.25, 0.3) is 0 Å². The summed E-state index contributed by atoms with van der Waals surface area (Å²) in [5.74, 6) is 1.67. The van der Waals surface area contributed by atoms with E-state index in [-0.39, 0.29) is 0 Å². The molecule has 0 saturated carbocycles. The van der Waals surface area contributed by atoms with E-state index >= 15 is 0 Å². The fraction of sp³-hybridized carbons (Fsp3) is 0.588. The fourth-order valence-electron chi connectivity index (χ4n) is 3.13. The topological polar surface area (TPSA) is 55.6 Å². The van der Waals surface area contributed by atoms with Crippen LogP contribution in [0.1, 0.15) is 44.2 Å². The van der Waals surface area contributed by atoms with Gasteiger partial charge in [0.15, 0.2) is 0 Å². The summed E-state index contributed by atoms with van der Waals surface area (Å²) >= 11 is 0. The second-order valence-electron chi connectivity index (χ2n) is 6.46. The van der Waals surface area contributed by atoms with E-state index in [1.165, 1.54) is 12.8 Å². The summed E-state index contributed by atoms with van der Waals surface area (Å²) in [7, 11) is 0. The largest absolute Gasteiger partial charge is 0.317 e. The average Bonchev–Trinajstić information content (AvgIpc) is 2.97. The summed E-state index contributed by atoms with van der Waals surface area (Å²) in [6, 6.07) is 4.42. The Kier molecular flexibility index (Phi) is 4.52. The van der Waals surface area contributed by atoms with E-state index in [1.54, 1.807) is 0 Å². The summed E-state index contributed by atoms with van der Waals surface area (Å²) in [4.78, 5) is 9.47. The number of hydrogen-bond donors (Lipinski definition) is 1. The number of aromatic nitrogens is 4. The van der Waals surface area contributed by atoms with Crippen LogP contribution in [0.3, 0.4) is 0 Å². The number of piperidine rings is 1. The summed E-state index contributed by atoms with van der Waals surface area (Å²) < 4.78 is 2.02. The van der Waals surface area contributed by atoms with Crippen LogP contribution in [-0.2, 0) is 6.42 Å². The summed E-state index contributed by atoms with van der Waals surface area (Å²) in [6.07, 6.45) is 5.26. The Balaban J connectivity index is 1.87. The molecule has 5 heteroatoms. The van der Waals surface area contributed by atoms with Gasteiger partial charge in [-0.3, -0.25) is 4.68 Å². The van der Waals surface area contributed by atoms with E-state index < -0.39 is 0 Å². The van der Waals surface area contributed by atoms with Gasteiger partial charge in [0.05, 0.1) is 11.4 Å². The van der Waals surface area contributed by atoms with Crippen molar-refractivity contribution in [2.24, 2.45) is 5.92 Å². The Morgan fingerprint density at radius 3 is 2.77 bits per heavy atom. The maximum absolute atomic E-state index is 4.82. The Morgan fingerprint density at radius 2 is 2.05 bits per heavy atom. The molecule has 2 aromatic heterocycles. The monoisotopic (exact) mass is 299 g/mol. The molecule has 2 aromatic rings. The first-order valence-electron chi connectivity index (χ1n) is 8.22. The molecule has 1 saturated heterocycles. The molecular formula is C17H25N5. The van der Waals surface area contributed by atoms with E-state index in [2.05, 4.69) is 35.3 Å². The quantitative estimate of drug-likeness (QED) is 0.943. The molecule has 0 spiro atoms. The average molecular weight is 299 g/mol. The molecule has 5 nitrogen and oxygen atoms in total.